The summed E-state index contributed by atoms with van der Waals surface area (Å²) in [6, 6.07) is 4.78. The van der Waals surface area contributed by atoms with Crippen LogP contribution in [0.25, 0.3) is 0 Å². The zero-order valence-corrected chi connectivity index (χ0v) is 15.0. The van der Waals surface area contributed by atoms with Crippen LogP contribution >= 0.6 is 11.8 Å². The predicted molar refractivity (Wildman–Crippen MR) is 95.8 cm³/mol. The van der Waals surface area contributed by atoms with Gasteiger partial charge in [0.25, 0.3) is 0 Å². The van der Waals surface area contributed by atoms with E-state index in [4.69, 9.17) is 0 Å². The van der Waals surface area contributed by atoms with Gasteiger partial charge in [-0.2, -0.15) is 0 Å². The van der Waals surface area contributed by atoms with Crippen molar-refractivity contribution < 1.29 is 14.4 Å². The number of carbonyl (C=O) groups excluding carboxylic acids is 3. The second-order valence-electron chi connectivity index (χ2n) is 5.23. The van der Waals surface area contributed by atoms with Gasteiger partial charge in [-0.1, -0.05) is 11.8 Å². The zero-order chi connectivity index (χ0) is 18.4. The molecule has 0 bridgehead atoms. The molecule has 2 N–H and O–H groups in total. The first-order valence-corrected chi connectivity index (χ1v) is 8.62. The van der Waals surface area contributed by atoms with Gasteiger partial charge in [-0.25, -0.2) is 0 Å². The number of aromatic nitrogens is 3. The number of rotatable bonds is 7. The molecule has 0 spiro atoms. The first kappa shape index (κ1) is 18.7. The molecule has 0 fully saturated rings. The van der Waals surface area contributed by atoms with Gasteiger partial charge in [0.1, 0.15) is 6.33 Å². The van der Waals surface area contributed by atoms with Gasteiger partial charge in [-0.05, 0) is 25.1 Å². The second-order valence-corrected chi connectivity index (χ2v) is 6.18. The van der Waals surface area contributed by atoms with Gasteiger partial charge >= 0.3 is 0 Å². The first-order chi connectivity index (χ1) is 11.9. The summed E-state index contributed by atoms with van der Waals surface area (Å²) < 4.78 is 1.84. The van der Waals surface area contributed by atoms with Crippen molar-refractivity contribution in [3.8, 4) is 0 Å². The van der Waals surface area contributed by atoms with Crippen molar-refractivity contribution in [3.05, 3.63) is 30.1 Å². The summed E-state index contributed by atoms with van der Waals surface area (Å²) in [4.78, 5) is 35.1. The molecule has 1 aromatic heterocycles. The van der Waals surface area contributed by atoms with Crippen LogP contribution in [0.15, 0.2) is 29.7 Å². The summed E-state index contributed by atoms with van der Waals surface area (Å²) in [6.45, 7) is 5.42. The van der Waals surface area contributed by atoms with Crippen molar-refractivity contribution in [3.63, 3.8) is 0 Å². The number of nitrogens with one attached hydrogen (secondary N) is 2. The number of aryl methyl sites for hydroxylation is 1. The number of benzene rings is 1. The lowest BCUT2D eigenvalue weighted by molar-refractivity contribution is -0.115. The molecule has 1 heterocycles. The number of carbonyl (C=O) groups is 3. The highest BCUT2D eigenvalue weighted by molar-refractivity contribution is 7.99. The Morgan fingerprint density at radius 2 is 1.88 bits per heavy atom. The van der Waals surface area contributed by atoms with E-state index in [2.05, 4.69) is 20.8 Å². The third kappa shape index (κ3) is 5.15. The minimum absolute atomic E-state index is 0.158. The molecule has 0 aliphatic rings. The lowest BCUT2D eigenvalue weighted by Gasteiger charge is -2.12. The Hall–Kier alpha value is -2.68. The van der Waals surface area contributed by atoms with E-state index in [1.54, 1.807) is 24.5 Å². The van der Waals surface area contributed by atoms with Gasteiger partial charge in [-0.3, -0.25) is 14.4 Å². The summed E-state index contributed by atoms with van der Waals surface area (Å²) in [5.74, 6) is -0.534. The van der Waals surface area contributed by atoms with E-state index < -0.39 is 0 Å². The van der Waals surface area contributed by atoms with E-state index in [0.29, 0.717) is 28.6 Å². The van der Waals surface area contributed by atoms with E-state index in [9.17, 15) is 14.4 Å². The number of hydrogen-bond acceptors (Lipinski definition) is 6. The summed E-state index contributed by atoms with van der Waals surface area (Å²) in [6.07, 6.45) is 1.61. The highest BCUT2D eigenvalue weighted by atomic mass is 32.2. The van der Waals surface area contributed by atoms with Crippen molar-refractivity contribution in [2.75, 3.05) is 16.4 Å². The second kappa shape index (κ2) is 8.43. The van der Waals surface area contributed by atoms with E-state index in [1.165, 1.54) is 25.6 Å². The molecule has 0 saturated heterocycles. The summed E-state index contributed by atoms with van der Waals surface area (Å²) in [5.41, 5.74) is 1.24. The van der Waals surface area contributed by atoms with E-state index in [-0.39, 0.29) is 23.4 Å². The van der Waals surface area contributed by atoms with Gasteiger partial charge < -0.3 is 15.2 Å². The smallest absolute Gasteiger partial charge is 0.221 e. The fraction of sp³-hybridized carbons (Fsp3) is 0.312. The van der Waals surface area contributed by atoms with Crippen LogP contribution in [0, 0.1) is 0 Å². The van der Waals surface area contributed by atoms with Crippen LogP contribution in [0.1, 0.15) is 31.1 Å². The summed E-state index contributed by atoms with van der Waals surface area (Å²) >= 11 is 1.28. The molecule has 9 heteroatoms. The third-order valence-corrected chi connectivity index (χ3v) is 4.18. The Morgan fingerprint density at radius 3 is 2.52 bits per heavy atom. The van der Waals surface area contributed by atoms with E-state index in [1.807, 2.05) is 11.5 Å². The molecule has 1 aromatic carbocycles. The van der Waals surface area contributed by atoms with E-state index >= 15 is 0 Å². The Labute approximate surface area is 149 Å². The van der Waals surface area contributed by atoms with Gasteiger partial charge in [0, 0.05) is 31.6 Å². The predicted octanol–water partition coefficient (Wildman–Crippen LogP) is 2.19. The molecule has 0 saturated carbocycles. The van der Waals surface area contributed by atoms with Gasteiger partial charge in [-0.15, -0.1) is 10.2 Å². The van der Waals surface area contributed by atoms with Crippen LogP contribution in [-0.4, -0.2) is 38.1 Å². The fourth-order valence-corrected chi connectivity index (χ4v) is 3.01. The Bertz CT molecular complexity index is 803. The van der Waals surface area contributed by atoms with Crippen molar-refractivity contribution in [1.82, 2.24) is 14.8 Å². The van der Waals surface area contributed by atoms with Crippen LogP contribution < -0.4 is 10.6 Å². The summed E-state index contributed by atoms with van der Waals surface area (Å²) in [7, 11) is 0. The largest absolute Gasteiger partial charge is 0.326 e. The Kier molecular flexibility index (Phi) is 6.29. The fourth-order valence-electron chi connectivity index (χ4n) is 2.14. The normalized spacial score (nSPS) is 10.4. The van der Waals surface area contributed by atoms with Gasteiger partial charge in [0.2, 0.25) is 11.8 Å². The van der Waals surface area contributed by atoms with Crippen LogP contribution in [-0.2, 0) is 16.1 Å². The maximum atomic E-state index is 12.6. The molecule has 2 amide bonds. The highest BCUT2D eigenvalue weighted by Crippen LogP contribution is 2.24. The number of thioether (sulfide) groups is 1. The summed E-state index contributed by atoms with van der Waals surface area (Å²) in [5, 5.41) is 13.7. The van der Waals surface area contributed by atoms with Crippen LogP contribution in [0.3, 0.4) is 0 Å². The van der Waals surface area contributed by atoms with E-state index in [0.717, 1.165) is 0 Å². The van der Waals surface area contributed by atoms with Gasteiger partial charge in [0.05, 0.1) is 11.4 Å². The van der Waals surface area contributed by atoms with Gasteiger partial charge in [0.15, 0.2) is 10.9 Å². The minimum atomic E-state index is -0.299. The molecule has 0 aliphatic carbocycles. The van der Waals surface area contributed by atoms with Crippen molar-refractivity contribution >= 4 is 40.7 Å². The third-order valence-electron chi connectivity index (χ3n) is 3.20. The lowest BCUT2D eigenvalue weighted by atomic mass is 10.1. The van der Waals surface area contributed by atoms with Crippen LogP contribution in [0.5, 0.6) is 0 Å². The molecule has 132 valence electrons. The number of amides is 2. The maximum absolute atomic E-state index is 12.6. The van der Waals surface area contributed by atoms with Crippen molar-refractivity contribution in [2.45, 2.75) is 32.5 Å². The number of hydrogen-bond donors (Lipinski definition) is 2. The standard InChI is InChI=1S/C16H19N5O3S/c1-4-21-9-17-20-16(21)25-8-15(24)13-6-5-12(18-10(2)22)7-14(13)19-11(3)23/h5-7,9H,4,8H2,1-3H3,(H,18,22)(H,19,23). The molecular weight excluding hydrogens is 342 g/mol. The molecule has 0 unspecified atom stereocenters. The highest BCUT2D eigenvalue weighted by Gasteiger charge is 2.15. The van der Waals surface area contributed by atoms with Crippen LogP contribution in [0.4, 0.5) is 11.4 Å². The van der Waals surface area contributed by atoms with Crippen LogP contribution in [0.2, 0.25) is 0 Å². The molecule has 2 aromatic rings. The first-order valence-electron chi connectivity index (χ1n) is 7.63. The SMILES string of the molecule is CCn1cnnc1SCC(=O)c1ccc(NC(C)=O)cc1NC(C)=O. The molecule has 0 atom stereocenters. The molecular formula is C16H19N5O3S. The molecule has 0 aliphatic heterocycles. The van der Waals surface area contributed by atoms with Crippen molar-refractivity contribution in [2.24, 2.45) is 0 Å². The minimum Gasteiger partial charge on any atom is -0.326 e. The molecule has 2 rings (SSSR count). The molecule has 0 radical (unpaired) electrons. The maximum Gasteiger partial charge on any atom is 0.221 e. The Balaban J connectivity index is 2.19. The molecule has 8 nitrogen and oxygen atoms in total. The average Bonchev–Trinajstić information content (AvgIpc) is 2.99. The lowest BCUT2D eigenvalue weighted by Crippen LogP contribution is -2.14. The quantitative estimate of drug-likeness (QED) is 0.578. The topological polar surface area (TPSA) is 106 Å². The number of ketones is 1. The number of Topliss-reactive ketones (excluding diaryl/α,β-unsaturated/α-hetero) is 1. The van der Waals surface area contributed by atoms with Crippen molar-refractivity contribution in [1.29, 1.82) is 0 Å². The zero-order valence-electron chi connectivity index (χ0n) is 14.2. The molecule has 25 heavy (non-hydrogen) atoms. The monoisotopic (exact) mass is 361 g/mol. The number of nitrogens with zero attached hydrogens (tertiary/aromatic N) is 3. The Morgan fingerprint density at radius 1 is 1.16 bits per heavy atom. The number of anilines is 2. The average molecular weight is 361 g/mol.